The molecule has 2 aromatic carbocycles. The van der Waals surface area contributed by atoms with Crippen molar-refractivity contribution in [1.29, 1.82) is 5.41 Å². The van der Waals surface area contributed by atoms with Crippen molar-refractivity contribution in [1.82, 2.24) is 9.58 Å². The Balaban J connectivity index is 1.44. The average Bonchev–Trinajstić information content (AvgIpc) is 3.40. The number of carbonyl (C=O) groups excluding carboxylic acids is 1. The summed E-state index contributed by atoms with van der Waals surface area (Å²) in [4.78, 5) is 17.1. The highest BCUT2D eigenvalue weighted by molar-refractivity contribution is 8.27. The monoisotopic (exact) mass is 499 g/mol. The summed E-state index contributed by atoms with van der Waals surface area (Å²) in [5, 5.41) is 15.6. The van der Waals surface area contributed by atoms with Crippen LogP contribution in [0.5, 0.6) is 11.5 Å². The van der Waals surface area contributed by atoms with Crippen LogP contribution in [0.25, 0.3) is 11.8 Å². The van der Waals surface area contributed by atoms with Gasteiger partial charge in [0.05, 0.1) is 18.4 Å². The minimum Gasteiger partial charge on any atom is -0.495 e. The Kier molecular flexibility index (Phi) is 6.24. The van der Waals surface area contributed by atoms with Gasteiger partial charge in [0.1, 0.15) is 23.1 Å². The average molecular weight is 500 g/mol. The van der Waals surface area contributed by atoms with Gasteiger partial charge in [0.2, 0.25) is 5.17 Å². The van der Waals surface area contributed by atoms with E-state index in [9.17, 15) is 4.79 Å². The Morgan fingerprint density at radius 3 is 2.61 bits per heavy atom. The van der Waals surface area contributed by atoms with E-state index < -0.39 is 5.91 Å². The van der Waals surface area contributed by atoms with Crippen molar-refractivity contribution in [3.8, 4) is 17.2 Å². The van der Waals surface area contributed by atoms with Crippen LogP contribution >= 0.6 is 11.8 Å². The summed E-state index contributed by atoms with van der Waals surface area (Å²) in [6.45, 7) is 6.24. The number of thioether (sulfide) groups is 1. The Hall–Kier alpha value is -4.11. The first-order valence-electron chi connectivity index (χ1n) is 11.4. The number of hydrogen-bond donors (Lipinski definition) is 1. The fourth-order valence-electron chi connectivity index (χ4n) is 4.19. The van der Waals surface area contributed by atoms with Crippen LogP contribution in [0.4, 0.5) is 0 Å². The van der Waals surface area contributed by atoms with Crippen LogP contribution in [0, 0.1) is 26.2 Å². The number of fused-ring (bicyclic) bond motifs is 1. The van der Waals surface area contributed by atoms with Gasteiger partial charge >= 0.3 is 0 Å². The lowest BCUT2D eigenvalue weighted by molar-refractivity contribution is -0.114. The van der Waals surface area contributed by atoms with Crippen LogP contribution in [0.3, 0.4) is 0 Å². The quantitative estimate of drug-likeness (QED) is 0.476. The lowest BCUT2D eigenvalue weighted by Gasteiger charge is -2.20. The number of para-hydroxylation sites is 1. The van der Waals surface area contributed by atoms with Crippen molar-refractivity contribution in [2.45, 2.75) is 20.8 Å². The molecular weight excluding hydrogens is 474 g/mol. The van der Waals surface area contributed by atoms with E-state index in [-0.39, 0.29) is 18.0 Å². The molecule has 9 heteroatoms. The molecule has 0 atom stereocenters. The van der Waals surface area contributed by atoms with E-state index in [4.69, 9.17) is 14.9 Å². The normalized spacial score (nSPS) is 16.2. The van der Waals surface area contributed by atoms with Gasteiger partial charge in [0, 0.05) is 11.4 Å². The van der Waals surface area contributed by atoms with Crippen LogP contribution in [-0.2, 0) is 4.79 Å². The Labute approximate surface area is 213 Å². The highest BCUT2D eigenvalue weighted by Gasteiger charge is 2.36. The number of hydrazone groups is 1. The molecule has 0 bridgehead atoms. The predicted octanol–water partition coefficient (Wildman–Crippen LogP) is 5.11. The number of aliphatic imine (C=N–C) groups is 1. The summed E-state index contributed by atoms with van der Waals surface area (Å²) in [5.41, 5.74) is 4.95. The summed E-state index contributed by atoms with van der Waals surface area (Å²) >= 11 is 1.24. The number of methoxy groups -OCH3 is 1. The first-order chi connectivity index (χ1) is 17.4. The number of rotatable bonds is 6. The molecule has 0 unspecified atom stereocenters. The molecule has 1 amide bonds. The Bertz CT molecular complexity index is 1470. The molecule has 5 rings (SSSR count). The van der Waals surface area contributed by atoms with E-state index in [1.807, 2.05) is 69.3 Å². The summed E-state index contributed by atoms with van der Waals surface area (Å²) in [6.07, 6.45) is 1.71. The van der Waals surface area contributed by atoms with Crippen molar-refractivity contribution in [2.24, 2.45) is 10.1 Å². The number of amidine groups is 2. The SMILES string of the molecule is COc1ccc(C)cc1-n1c(C)cc(C=C2C(=N)N3N=C(COc4ccccc4)SC3=NC2=O)c1C. The number of benzene rings is 2. The zero-order valence-corrected chi connectivity index (χ0v) is 21.2. The number of amides is 1. The van der Waals surface area contributed by atoms with Gasteiger partial charge in [-0.3, -0.25) is 10.2 Å². The number of nitrogens with zero attached hydrogens (tertiary/aromatic N) is 4. The Morgan fingerprint density at radius 2 is 1.86 bits per heavy atom. The summed E-state index contributed by atoms with van der Waals surface area (Å²) < 4.78 is 13.4. The van der Waals surface area contributed by atoms with Gasteiger partial charge < -0.3 is 14.0 Å². The Morgan fingerprint density at radius 1 is 1.08 bits per heavy atom. The minimum atomic E-state index is -0.461. The minimum absolute atomic E-state index is 0.00912. The molecular formula is C27H25N5O3S. The van der Waals surface area contributed by atoms with Crippen LogP contribution in [0.15, 0.2) is 70.3 Å². The number of aromatic nitrogens is 1. The molecule has 3 aromatic rings. The first-order valence-corrected chi connectivity index (χ1v) is 12.2. The number of aryl methyl sites for hydroxylation is 2. The predicted molar refractivity (Wildman–Crippen MR) is 143 cm³/mol. The smallest absolute Gasteiger partial charge is 0.283 e. The third kappa shape index (κ3) is 4.33. The first kappa shape index (κ1) is 23.6. The van der Waals surface area contributed by atoms with E-state index in [0.29, 0.717) is 10.2 Å². The summed E-state index contributed by atoms with van der Waals surface area (Å²) in [6, 6.07) is 17.4. The number of hydrogen-bond acceptors (Lipinski definition) is 6. The van der Waals surface area contributed by atoms with Gasteiger partial charge in [-0.25, -0.2) is 0 Å². The number of carbonyl (C=O) groups is 1. The third-order valence-corrected chi connectivity index (χ3v) is 6.83. The van der Waals surface area contributed by atoms with Gasteiger partial charge in [0.15, 0.2) is 5.84 Å². The molecule has 1 N–H and O–H groups in total. The van der Waals surface area contributed by atoms with Crippen molar-refractivity contribution in [2.75, 3.05) is 13.7 Å². The molecule has 36 heavy (non-hydrogen) atoms. The molecule has 3 heterocycles. The second-order valence-electron chi connectivity index (χ2n) is 8.45. The number of nitrogens with one attached hydrogen (secondary N) is 1. The van der Waals surface area contributed by atoms with Gasteiger partial charge in [-0.15, -0.1) is 0 Å². The molecule has 0 fully saturated rings. The zero-order chi connectivity index (χ0) is 25.4. The second-order valence-corrected chi connectivity index (χ2v) is 9.49. The van der Waals surface area contributed by atoms with Crippen LogP contribution in [0.2, 0.25) is 0 Å². The second kappa shape index (κ2) is 9.50. The lowest BCUT2D eigenvalue weighted by atomic mass is 10.1. The van der Waals surface area contributed by atoms with E-state index in [1.54, 1.807) is 13.2 Å². The van der Waals surface area contributed by atoms with Crippen LogP contribution in [-0.4, -0.2) is 45.2 Å². The van der Waals surface area contributed by atoms with E-state index in [2.05, 4.69) is 20.7 Å². The van der Waals surface area contributed by atoms with E-state index in [1.165, 1.54) is 16.8 Å². The molecule has 0 saturated heterocycles. The standard InChI is InChI=1S/C27H25N5O3S/c1-16-10-11-23(34-4)22(12-16)31-17(2)13-19(18(31)3)14-21-25(28)32-27(29-26(21)33)36-24(30-32)15-35-20-8-6-5-7-9-20/h5-14,28H,15H2,1-4H3. The molecule has 2 aliphatic heterocycles. The summed E-state index contributed by atoms with van der Waals surface area (Å²) in [7, 11) is 1.65. The maximum atomic E-state index is 12.9. The fraction of sp³-hybridized carbons (Fsp3) is 0.185. The molecule has 0 saturated carbocycles. The molecule has 2 aliphatic rings. The molecule has 0 aliphatic carbocycles. The highest BCUT2D eigenvalue weighted by Crippen LogP contribution is 2.32. The maximum Gasteiger partial charge on any atom is 0.283 e. The van der Waals surface area contributed by atoms with Crippen molar-refractivity contribution < 1.29 is 14.3 Å². The molecule has 1 aromatic heterocycles. The van der Waals surface area contributed by atoms with Crippen molar-refractivity contribution >= 4 is 39.8 Å². The number of ether oxygens (including phenoxy) is 2. The third-order valence-electron chi connectivity index (χ3n) is 5.95. The maximum absolute atomic E-state index is 12.9. The van der Waals surface area contributed by atoms with Crippen molar-refractivity contribution in [3.63, 3.8) is 0 Å². The van der Waals surface area contributed by atoms with Crippen LogP contribution < -0.4 is 9.47 Å². The van der Waals surface area contributed by atoms with Gasteiger partial charge in [0.25, 0.3) is 5.91 Å². The lowest BCUT2D eigenvalue weighted by Crippen LogP contribution is -2.35. The van der Waals surface area contributed by atoms with Crippen LogP contribution in [0.1, 0.15) is 22.5 Å². The van der Waals surface area contributed by atoms with Gasteiger partial charge in [-0.1, -0.05) is 24.3 Å². The largest absolute Gasteiger partial charge is 0.495 e. The highest BCUT2D eigenvalue weighted by atomic mass is 32.2. The summed E-state index contributed by atoms with van der Waals surface area (Å²) in [5.74, 6) is 1.01. The van der Waals surface area contributed by atoms with Gasteiger partial charge in [-0.05, 0) is 80.1 Å². The molecule has 8 nitrogen and oxygen atoms in total. The zero-order valence-electron chi connectivity index (χ0n) is 20.4. The van der Waals surface area contributed by atoms with E-state index >= 15 is 0 Å². The van der Waals surface area contributed by atoms with E-state index in [0.717, 1.165) is 39.7 Å². The topological polar surface area (TPSA) is 92.3 Å². The molecule has 0 radical (unpaired) electrons. The van der Waals surface area contributed by atoms with Gasteiger partial charge in [-0.2, -0.15) is 15.1 Å². The molecule has 182 valence electrons. The molecule has 0 spiro atoms. The fourth-order valence-corrected chi connectivity index (χ4v) is 4.98. The van der Waals surface area contributed by atoms with Crippen molar-refractivity contribution in [3.05, 3.63) is 82.7 Å².